The molecule has 0 radical (unpaired) electrons. The van der Waals surface area contributed by atoms with Gasteiger partial charge < -0.3 is 16.2 Å². The van der Waals surface area contributed by atoms with Crippen molar-refractivity contribution in [3.8, 4) is 0 Å². The fourth-order valence-corrected chi connectivity index (χ4v) is 0.797. The van der Waals surface area contributed by atoms with Gasteiger partial charge in [0, 0.05) is 12.7 Å². The predicted molar refractivity (Wildman–Crippen MR) is 46.2 cm³/mol. The number of ether oxygens (including phenoxy) is 1. The van der Waals surface area contributed by atoms with Crippen molar-refractivity contribution < 1.29 is 4.74 Å². The molecule has 1 aromatic rings. The standard InChI is InChI=1S/C7H12N4O/c1-2-12-4-7-10-5(8)3-6(9)11-7/h3H,2,4H2,1H3,(H4,8,9,10,11). The Balaban J connectivity index is 2.72. The zero-order valence-electron chi connectivity index (χ0n) is 6.95. The molecule has 0 saturated heterocycles. The van der Waals surface area contributed by atoms with Gasteiger partial charge in [0.25, 0.3) is 0 Å². The zero-order chi connectivity index (χ0) is 8.97. The van der Waals surface area contributed by atoms with E-state index in [1.807, 2.05) is 6.92 Å². The summed E-state index contributed by atoms with van der Waals surface area (Å²) in [6.07, 6.45) is 0. The van der Waals surface area contributed by atoms with Gasteiger partial charge in [0.2, 0.25) is 0 Å². The Morgan fingerprint density at radius 1 is 1.33 bits per heavy atom. The number of anilines is 2. The molecular weight excluding hydrogens is 156 g/mol. The molecule has 66 valence electrons. The average Bonchev–Trinajstić information content (AvgIpc) is 1.99. The van der Waals surface area contributed by atoms with Gasteiger partial charge in [0.1, 0.15) is 18.2 Å². The summed E-state index contributed by atoms with van der Waals surface area (Å²) in [4.78, 5) is 7.87. The first-order chi connectivity index (χ1) is 5.72. The zero-order valence-corrected chi connectivity index (χ0v) is 6.95. The first-order valence-electron chi connectivity index (χ1n) is 3.69. The maximum Gasteiger partial charge on any atom is 0.158 e. The molecular formula is C7H12N4O. The highest BCUT2D eigenvalue weighted by atomic mass is 16.5. The molecule has 0 saturated carbocycles. The molecule has 0 fully saturated rings. The summed E-state index contributed by atoms with van der Waals surface area (Å²) in [5, 5.41) is 0. The number of hydrogen-bond donors (Lipinski definition) is 2. The highest BCUT2D eigenvalue weighted by Crippen LogP contribution is 2.04. The monoisotopic (exact) mass is 168 g/mol. The van der Waals surface area contributed by atoms with Crippen LogP contribution in [0.5, 0.6) is 0 Å². The van der Waals surface area contributed by atoms with Crippen LogP contribution in [0.4, 0.5) is 11.6 Å². The Morgan fingerprint density at radius 3 is 2.42 bits per heavy atom. The molecule has 5 nitrogen and oxygen atoms in total. The molecule has 12 heavy (non-hydrogen) atoms. The SMILES string of the molecule is CCOCc1nc(N)cc(N)n1. The summed E-state index contributed by atoms with van der Waals surface area (Å²) < 4.78 is 5.09. The Bertz CT molecular complexity index is 243. The first kappa shape index (κ1) is 8.73. The van der Waals surface area contributed by atoms with E-state index >= 15 is 0 Å². The Morgan fingerprint density at radius 2 is 1.92 bits per heavy atom. The second-order valence-corrected chi connectivity index (χ2v) is 2.27. The van der Waals surface area contributed by atoms with Gasteiger partial charge in [-0.2, -0.15) is 0 Å². The van der Waals surface area contributed by atoms with E-state index in [1.165, 1.54) is 6.07 Å². The third-order valence-corrected chi connectivity index (χ3v) is 1.25. The molecule has 0 amide bonds. The van der Waals surface area contributed by atoms with Gasteiger partial charge in [-0.3, -0.25) is 0 Å². The third kappa shape index (κ3) is 2.35. The summed E-state index contributed by atoms with van der Waals surface area (Å²) in [5.74, 6) is 1.27. The van der Waals surface area contributed by atoms with Crippen LogP contribution in [0.15, 0.2) is 6.07 Å². The van der Waals surface area contributed by atoms with Gasteiger partial charge in [-0.1, -0.05) is 0 Å². The van der Waals surface area contributed by atoms with Gasteiger partial charge in [0.05, 0.1) is 0 Å². The number of aromatic nitrogens is 2. The van der Waals surface area contributed by atoms with Crippen LogP contribution < -0.4 is 11.5 Å². The number of rotatable bonds is 3. The van der Waals surface area contributed by atoms with Gasteiger partial charge in [-0.25, -0.2) is 9.97 Å². The molecule has 0 aliphatic carbocycles. The van der Waals surface area contributed by atoms with Crippen LogP contribution in [0.3, 0.4) is 0 Å². The summed E-state index contributed by atoms with van der Waals surface area (Å²) >= 11 is 0. The third-order valence-electron chi connectivity index (χ3n) is 1.25. The molecule has 0 bridgehead atoms. The van der Waals surface area contributed by atoms with E-state index in [0.29, 0.717) is 30.7 Å². The highest BCUT2D eigenvalue weighted by Gasteiger charge is 1.98. The number of hydrogen-bond acceptors (Lipinski definition) is 5. The van der Waals surface area contributed by atoms with E-state index in [2.05, 4.69) is 9.97 Å². The fourth-order valence-electron chi connectivity index (χ4n) is 0.797. The Hall–Kier alpha value is -1.36. The lowest BCUT2D eigenvalue weighted by molar-refractivity contribution is 0.128. The molecule has 0 aromatic carbocycles. The summed E-state index contributed by atoms with van der Waals surface area (Å²) in [7, 11) is 0. The minimum Gasteiger partial charge on any atom is -0.384 e. The second-order valence-electron chi connectivity index (χ2n) is 2.27. The van der Waals surface area contributed by atoms with E-state index in [9.17, 15) is 0 Å². The Kier molecular flexibility index (Phi) is 2.82. The Labute approximate surface area is 70.8 Å². The summed E-state index contributed by atoms with van der Waals surface area (Å²) in [5.41, 5.74) is 10.9. The van der Waals surface area contributed by atoms with Crippen molar-refractivity contribution in [3.63, 3.8) is 0 Å². The molecule has 0 unspecified atom stereocenters. The van der Waals surface area contributed by atoms with E-state index in [0.717, 1.165) is 0 Å². The molecule has 1 rings (SSSR count). The first-order valence-corrected chi connectivity index (χ1v) is 3.69. The quantitative estimate of drug-likeness (QED) is 0.672. The summed E-state index contributed by atoms with van der Waals surface area (Å²) in [6.45, 7) is 2.87. The highest BCUT2D eigenvalue weighted by molar-refractivity contribution is 5.40. The smallest absolute Gasteiger partial charge is 0.158 e. The van der Waals surface area contributed by atoms with Crippen LogP contribution in [0.25, 0.3) is 0 Å². The molecule has 1 aromatic heterocycles. The second kappa shape index (κ2) is 3.87. The van der Waals surface area contributed by atoms with Crippen LogP contribution in [-0.2, 0) is 11.3 Å². The van der Waals surface area contributed by atoms with E-state index < -0.39 is 0 Å². The number of nitrogens with zero attached hydrogens (tertiary/aromatic N) is 2. The molecule has 5 heteroatoms. The molecule has 1 heterocycles. The minimum atomic E-state index is 0.353. The van der Waals surface area contributed by atoms with E-state index in [-0.39, 0.29) is 0 Å². The maximum absolute atomic E-state index is 5.44. The van der Waals surface area contributed by atoms with Crippen molar-refractivity contribution in [2.75, 3.05) is 18.1 Å². The van der Waals surface area contributed by atoms with Crippen molar-refractivity contribution in [2.45, 2.75) is 13.5 Å². The van der Waals surface area contributed by atoms with E-state index in [4.69, 9.17) is 16.2 Å². The van der Waals surface area contributed by atoms with Gasteiger partial charge in [-0.15, -0.1) is 0 Å². The summed E-state index contributed by atoms with van der Waals surface area (Å²) in [6, 6.07) is 1.51. The molecule has 4 N–H and O–H groups in total. The van der Waals surface area contributed by atoms with Crippen molar-refractivity contribution in [3.05, 3.63) is 11.9 Å². The van der Waals surface area contributed by atoms with Crippen molar-refractivity contribution >= 4 is 11.6 Å². The van der Waals surface area contributed by atoms with Crippen molar-refractivity contribution in [1.82, 2.24) is 9.97 Å². The molecule has 0 spiro atoms. The lowest BCUT2D eigenvalue weighted by Gasteiger charge is -2.01. The number of nitrogen functional groups attached to an aromatic ring is 2. The van der Waals surface area contributed by atoms with Crippen LogP contribution in [0.2, 0.25) is 0 Å². The largest absolute Gasteiger partial charge is 0.384 e. The predicted octanol–water partition coefficient (Wildman–Crippen LogP) is 0.177. The van der Waals surface area contributed by atoms with Gasteiger partial charge in [-0.05, 0) is 6.92 Å². The lowest BCUT2D eigenvalue weighted by atomic mass is 10.5. The van der Waals surface area contributed by atoms with Crippen LogP contribution in [-0.4, -0.2) is 16.6 Å². The molecule has 0 aliphatic rings. The van der Waals surface area contributed by atoms with E-state index in [1.54, 1.807) is 0 Å². The minimum absolute atomic E-state index is 0.353. The normalized spacial score (nSPS) is 10.1. The topological polar surface area (TPSA) is 87.0 Å². The van der Waals surface area contributed by atoms with Gasteiger partial charge in [0.15, 0.2) is 5.82 Å². The lowest BCUT2D eigenvalue weighted by Crippen LogP contribution is -2.04. The van der Waals surface area contributed by atoms with Crippen molar-refractivity contribution in [1.29, 1.82) is 0 Å². The molecule has 0 aliphatic heterocycles. The fraction of sp³-hybridized carbons (Fsp3) is 0.429. The molecule has 0 atom stereocenters. The van der Waals surface area contributed by atoms with Crippen LogP contribution in [0, 0.1) is 0 Å². The van der Waals surface area contributed by atoms with Gasteiger partial charge >= 0.3 is 0 Å². The van der Waals surface area contributed by atoms with Crippen molar-refractivity contribution in [2.24, 2.45) is 0 Å². The maximum atomic E-state index is 5.44. The number of nitrogens with two attached hydrogens (primary N) is 2. The average molecular weight is 168 g/mol. The van der Waals surface area contributed by atoms with Crippen LogP contribution >= 0.6 is 0 Å². The van der Waals surface area contributed by atoms with Crippen LogP contribution in [0.1, 0.15) is 12.7 Å².